The predicted molar refractivity (Wildman–Crippen MR) is 115 cm³/mol. The third-order valence-electron chi connectivity index (χ3n) is 5.70. The molecule has 10 heteroatoms. The van der Waals surface area contributed by atoms with Gasteiger partial charge in [0.1, 0.15) is 11.9 Å². The summed E-state index contributed by atoms with van der Waals surface area (Å²) in [5, 5.41) is 0. The topological polar surface area (TPSA) is 57.7 Å². The number of rotatable bonds is 6. The molecule has 0 radical (unpaired) electrons. The summed E-state index contributed by atoms with van der Waals surface area (Å²) >= 11 is 0. The number of fused-ring (bicyclic) bond motifs is 1. The summed E-state index contributed by atoms with van der Waals surface area (Å²) in [7, 11) is -4.56. The van der Waals surface area contributed by atoms with Gasteiger partial charge >= 0.3 is 6.18 Å². The van der Waals surface area contributed by atoms with E-state index < -0.39 is 34.6 Å². The van der Waals surface area contributed by atoms with Crippen LogP contribution in [0, 0.1) is 11.7 Å². The third kappa shape index (κ3) is 5.22. The molecule has 1 aliphatic rings. The Hall–Kier alpha value is -2.46. The van der Waals surface area contributed by atoms with Crippen molar-refractivity contribution in [3.63, 3.8) is 0 Å². The number of benzene rings is 2. The second kappa shape index (κ2) is 9.42. The van der Waals surface area contributed by atoms with E-state index >= 15 is 0 Å². The number of halogens is 4. The van der Waals surface area contributed by atoms with E-state index in [1.54, 1.807) is 24.8 Å². The van der Waals surface area contributed by atoms with Crippen LogP contribution in [0.1, 0.15) is 43.5 Å². The highest BCUT2D eigenvalue weighted by molar-refractivity contribution is 7.89. The molecular formula is C23H26F4N2O3S. The van der Waals surface area contributed by atoms with Crippen molar-refractivity contribution in [3.8, 4) is 0 Å². The van der Waals surface area contributed by atoms with Gasteiger partial charge in [0.25, 0.3) is 0 Å². The fraction of sp³-hybridized carbons (Fsp3) is 0.435. The first-order valence-corrected chi connectivity index (χ1v) is 12.0. The standard InChI is InChI=1S/C23H26F4N2O3S/c1-4-29(21(23(25,26)27)17-5-8-19(24)9-6-17)33(31,32)20-10-7-16-11-12-28(14-18(16)13-20)22(30)15(2)3/h5-10,13,15,21H,4,11-12,14H2,1-3H3. The highest BCUT2D eigenvalue weighted by Gasteiger charge is 2.48. The Labute approximate surface area is 191 Å². The number of hydrogen-bond acceptors (Lipinski definition) is 3. The minimum atomic E-state index is -4.92. The first-order valence-electron chi connectivity index (χ1n) is 10.6. The van der Waals surface area contributed by atoms with E-state index in [2.05, 4.69) is 0 Å². The molecule has 3 rings (SSSR count). The van der Waals surface area contributed by atoms with Crippen LogP contribution in [0.25, 0.3) is 0 Å². The second-order valence-corrected chi connectivity index (χ2v) is 10.2. The first kappa shape index (κ1) is 25.2. The lowest BCUT2D eigenvalue weighted by Crippen LogP contribution is -2.42. The van der Waals surface area contributed by atoms with E-state index in [0.29, 0.717) is 22.8 Å². The van der Waals surface area contributed by atoms with Crippen LogP contribution in [0.3, 0.4) is 0 Å². The summed E-state index contributed by atoms with van der Waals surface area (Å²) in [5.41, 5.74) is 1.08. The number of carbonyl (C=O) groups is 1. The fourth-order valence-corrected chi connectivity index (χ4v) is 5.70. The lowest BCUT2D eigenvalue weighted by Gasteiger charge is -2.33. The largest absolute Gasteiger partial charge is 0.409 e. The molecule has 1 aliphatic heterocycles. The van der Waals surface area contributed by atoms with Gasteiger partial charge in [-0.3, -0.25) is 4.79 Å². The minimum absolute atomic E-state index is 0.0717. The maximum Gasteiger partial charge on any atom is 0.409 e. The second-order valence-electron chi connectivity index (χ2n) is 8.30. The summed E-state index contributed by atoms with van der Waals surface area (Å²) in [6.07, 6.45) is -4.39. The van der Waals surface area contributed by atoms with Gasteiger partial charge in [0, 0.05) is 25.6 Å². The zero-order chi connectivity index (χ0) is 24.6. The molecule has 0 bridgehead atoms. The minimum Gasteiger partial charge on any atom is -0.338 e. The van der Waals surface area contributed by atoms with E-state index in [4.69, 9.17) is 0 Å². The Kier molecular flexibility index (Phi) is 7.18. The molecule has 1 atom stereocenters. The lowest BCUT2D eigenvalue weighted by molar-refractivity contribution is -0.173. The van der Waals surface area contributed by atoms with E-state index in [9.17, 15) is 30.8 Å². The normalized spacial score (nSPS) is 15.6. The van der Waals surface area contributed by atoms with E-state index in [-0.39, 0.29) is 28.8 Å². The van der Waals surface area contributed by atoms with Crippen LogP contribution < -0.4 is 0 Å². The first-order chi connectivity index (χ1) is 15.4. The Bertz CT molecular complexity index is 1120. The Balaban J connectivity index is 2.01. The van der Waals surface area contributed by atoms with Gasteiger partial charge < -0.3 is 4.90 Å². The van der Waals surface area contributed by atoms with Gasteiger partial charge in [-0.15, -0.1) is 0 Å². The van der Waals surface area contributed by atoms with Crippen molar-refractivity contribution in [1.82, 2.24) is 9.21 Å². The van der Waals surface area contributed by atoms with Gasteiger partial charge in [0.15, 0.2) is 0 Å². The summed E-state index contributed by atoms with van der Waals surface area (Å²) in [6.45, 7) is 5.11. The lowest BCUT2D eigenvalue weighted by atomic mass is 9.99. The molecule has 2 aromatic rings. The van der Waals surface area contributed by atoms with Crippen molar-refractivity contribution in [2.45, 2.75) is 50.9 Å². The third-order valence-corrected chi connectivity index (χ3v) is 7.63. The highest BCUT2D eigenvalue weighted by atomic mass is 32.2. The zero-order valence-corrected chi connectivity index (χ0v) is 19.4. The molecule has 1 amide bonds. The molecule has 0 saturated carbocycles. The molecule has 2 aromatic carbocycles. The number of amides is 1. The summed E-state index contributed by atoms with van der Waals surface area (Å²) in [6, 6.07) is 5.39. The van der Waals surface area contributed by atoms with Gasteiger partial charge in [-0.05, 0) is 47.4 Å². The molecule has 180 valence electrons. The molecule has 0 fully saturated rings. The predicted octanol–water partition coefficient (Wildman–Crippen LogP) is 4.68. The Morgan fingerprint density at radius 2 is 1.73 bits per heavy atom. The van der Waals surface area contributed by atoms with Crippen LogP contribution in [0.4, 0.5) is 17.6 Å². The van der Waals surface area contributed by atoms with Crippen LogP contribution in [0.2, 0.25) is 0 Å². The number of hydrogen-bond donors (Lipinski definition) is 0. The van der Waals surface area contributed by atoms with Gasteiger partial charge in [-0.1, -0.05) is 39.0 Å². The highest BCUT2D eigenvalue weighted by Crippen LogP contribution is 2.40. The van der Waals surface area contributed by atoms with Gasteiger partial charge in [0.05, 0.1) is 4.90 Å². The number of alkyl halides is 3. The molecule has 1 unspecified atom stereocenters. The van der Waals surface area contributed by atoms with Gasteiger partial charge in [-0.25, -0.2) is 12.8 Å². The number of sulfonamides is 1. The summed E-state index contributed by atoms with van der Waals surface area (Å²) in [5.74, 6) is -1.02. The maximum atomic E-state index is 14.0. The van der Waals surface area contributed by atoms with Crippen LogP contribution in [0.5, 0.6) is 0 Å². The average molecular weight is 487 g/mol. The molecule has 33 heavy (non-hydrogen) atoms. The number of nitrogens with zero attached hydrogens (tertiary/aromatic N) is 2. The quantitative estimate of drug-likeness (QED) is 0.557. The smallest absolute Gasteiger partial charge is 0.338 e. The Morgan fingerprint density at radius 1 is 1.09 bits per heavy atom. The summed E-state index contributed by atoms with van der Waals surface area (Å²) < 4.78 is 82.5. The number of carbonyl (C=O) groups excluding carboxylic acids is 1. The SMILES string of the molecule is CCN(C(c1ccc(F)cc1)C(F)(F)F)S(=O)(=O)c1ccc2c(c1)CN(C(=O)C(C)C)CC2. The summed E-state index contributed by atoms with van der Waals surface area (Å²) in [4.78, 5) is 13.7. The molecule has 0 N–H and O–H groups in total. The maximum absolute atomic E-state index is 14.0. The van der Waals surface area contributed by atoms with Crippen LogP contribution >= 0.6 is 0 Å². The molecule has 5 nitrogen and oxygen atoms in total. The van der Waals surface area contributed by atoms with Crippen LogP contribution in [-0.4, -0.2) is 42.8 Å². The van der Waals surface area contributed by atoms with Gasteiger partial charge in [0.2, 0.25) is 15.9 Å². The van der Waals surface area contributed by atoms with Gasteiger partial charge in [-0.2, -0.15) is 17.5 Å². The molecule has 0 saturated heterocycles. The van der Waals surface area contributed by atoms with Crippen molar-refractivity contribution in [3.05, 3.63) is 65.0 Å². The van der Waals surface area contributed by atoms with Crippen molar-refractivity contribution in [1.29, 1.82) is 0 Å². The van der Waals surface area contributed by atoms with Crippen LogP contribution in [-0.2, 0) is 27.8 Å². The van der Waals surface area contributed by atoms with E-state index in [0.717, 1.165) is 29.8 Å². The molecular weight excluding hydrogens is 460 g/mol. The molecule has 0 aliphatic carbocycles. The van der Waals surface area contributed by atoms with E-state index in [1.165, 1.54) is 19.1 Å². The Morgan fingerprint density at radius 3 is 2.27 bits per heavy atom. The molecule has 0 spiro atoms. The van der Waals surface area contributed by atoms with Crippen molar-refractivity contribution in [2.24, 2.45) is 5.92 Å². The fourth-order valence-electron chi connectivity index (χ4n) is 4.04. The monoisotopic (exact) mass is 486 g/mol. The molecule has 1 heterocycles. The van der Waals surface area contributed by atoms with Crippen molar-refractivity contribution < 1.29 is 30.8 Å². The van der Waals surface area contributed by atoms with Crippen molar-refractivity contribution in [2.75, 3.05) is 13.1 Å². The van der Waals surface area contributed by atoms with Crippen molar-refractivity contribution >= 4 is 15.9 Å². The van der Waals surface area contributed by atoms with Crippen LogP contribution in [0.15, 0.2) is 47.4 Å². The average Bonchev–Trinajstić information content (AvgIpc) is 2.75. The van der Waals surface area contributed by atoms with E-state index in [1.807, 2.05) is 0 Å². The zero-order valence-electron chi connectivity index (χ0n) is 18.6. The molecule has 0 aromatic heterocycles.